The quantitative estimate of drug-likeness (QED) is 0.772. The van der Waals surface area contributed by atoms with E-state index in [9.17, 15) is 9.59 Å². The van der Waals surface area contributed by atoms with Crippen molar-refractivity contribution in [2.45, 2.75) is 37.2 Å². The first-order chi connectivity index (χ1) is 11.0. The van der Waals surface area contributed by atoms with Crippen LogP contribution in [-0.2, 0) is 11.3 Å². The van der Waals surface area contributed by atoms with Gasteiger partial charge in [0.2, 0.25) is 5.91 Å². The molecule has 0 aliphatic carbocycles. The van der Waals surface area contributed by atoms with Crippen LogP contribution in [-0.4, -0.2) is 36.9 Å². The maximum atomic E-state index is 11.8. The number of imide groups is 1. The SMILES string of the molecule is CCCn1c(S[C@H](C)C(=O)NC(N)=O)nnc1-c1ccncc1. The summed E-state index contributed by atoms with van der Waals surface area (Å²) in [6.45, 7) is 4.45. The van der Waals surface area contributed by atoms with Crippen molar-refractivity contribution in [3.63, 3.8) is 0 Å². The lowest BCUT2D eigenvalue weighted by molar-refractivity contribution is -0.119. The van der Waals surface area contributed by atoms with E-state index in [0.717, 1.165) is 24.4 Å². The number of nitrogens with zero attached hydrogens (tertiary/aromatic N) is 4. The number of thioether (sulfide) groups is 1. The zero-order valence-corrected chi connectivity index (χ0v) is 13.7. The molecule has 1 atom stereocenters. The molecule has 3 amide bonds. The zero-order chi connectivity index (χ0) is 16.8. The first-order valence-corrected chi connectivity index (χ1v) is 8.01. The van der Waals surface area contributed by atoms with Gasteiger partial charge in [-0.2, -0.15) is 0 Å². The second-order valence-electron chi connectivity index (χ2n) is 4.81. The number of hydrogen-bond acceptors (Lipinski definition) is 6. The molecule has 2 heterocycles. The number of hydrogen-bond donors (Lipinski definition) is 2. The van der Waals surface area contributed by atoms with Crippen molar-refractivity contribution >= 4 is 23.7 Å². The predicted octanol–water partition coefficient (Wildman–Crippen LogP) is 1.43. The Morgan fingerprint density at radius 3 is 2.65 bits per heavy atom. The van der Waals surface area contributed by atoms with Crippen molar-refractivity contribution in [3.8, 4) is 11.4 Å². The van der Waals surface area contributed by atoms with Gasteiger partial charge in [0.15, 0.2) is 11.0 Å². The summed E-state index contributed by atoms with van der Waals surface area (Å²) in [5.74, 6) is 0.262. The summed E-state index contributed by atoms with van der Waals surface area (Å²) in [4.78, 5) is 26.6. The maximum Gasteiger partial charge on any atom is 0.318 e. The van der Waals surface area contributed by atoms with Gasteiger partial charge in [-0.3, -0.25) is 15.1 Å². The van der Waals surface area contributed by atoms with Gasteiger partial charge in [-0.25, -0.2) is 4.79 Å². The fourth-order valence-electron chi connectivity index (χ4n) is 1.95. The molecule has 0 unspecified atom stereocenters. The second-order valence-corrected chi connectivity index (χ2v) is 6.12. The molecule has 2 aromatic rings. The molecule has 122 valence electrons. The highest BCUT2D eigenvalue weighted by atomic mass is 32.2. The van der Waals surface area contributed by atoms with Crippen LogP contribution >= 0.6 is 11.8 Å². The van der Waals surface area contributed by atoms with E-state index >= 15 is 0 Å². The third kappa shape index (κ3) is 4.28. The maximum absolute atomic E-state index is 11.8. The summed E-state index contributed by atoms with van der Waals surface area (Å²) in [5.41, 5.74) is 5.87. The summed E-state index contributed by atoms with van der Waals surface area (Å²) in [7, 11) is 0. The average molecular weight is 334 g/mol. The van der Waals surface area contributed by atoms with Gasteiger partial charge >= 0.3 is 6.03 Å². The van der Waals surface area contributed by atoms with Crippen LogP contribution in [0.1, 0.15) is 20.3 Å². The Bertz CT molecular complexity index is 688. The molecule has 9 heteroatoms. The van der Waals surface area contributed by atoms with Crippen LogP contribution in [0.15, 0.2) is 29.7 Å². The predicted molar refractivity (Wildman–Crippen MR) is 86.6 cm³/mol. The van der Waals surface area contributed by atoms with E-state index in [-0.39, 0.29) is 0 Å². The van der Waals surface area contributed by atoms with Gasteiger partial charge in [0.25, 0.3) is 0 Å². The van der Waals surface area contributed by atoms with Gasteiger partial charge < -0.3 is 10.3 Å². The van der Waals surface area contributed by atoms with E-state index in [1.807, 2.05) is 23.6 Å². The first kappa shape index (κ1) is 16.9. The lowest BCUT2D eigenvalue weighted by Gasteiger charge is -2.12. The van der Waals surface area contributed by atoms with Gasteiger partial charge in [0, 0.05) is 24.5 Å². The van der Waals surface area contributed by atoms with Crippen LogP contribution in [0, 0.1) is 0 Å². The topological polar surface area (TPSA) is 116 Å². The molecule has 0 radical (unpaired) electrons. The largest absolute Gasteiger partial charge is 0.351 e. The van der Waals surface area contributed by atoms with Gasteiger partial charge in [-0.1, -0.05) is 18.7 Å². The molecule has 0 saturated carbocycles. The second kappa shape index (κ2) is 7.73. The number of nitrogens with two attached hydrogens (primary N) is 1. The van der Waals surface area contributed by atoms with Crippen molar-refractivity contribution in [1.82, 2.24) is 25.1 Å². The standard InChI is InChI=1S/C14H18N6O2S/c1-3-8-20-11(10-4-6-16-7-5-10)18-19-14(20)23-9(2)12(21)17-13(15)22/h4-7,9H,3,8H2,1-2H3,(H3,15,17,21,22)/t9-/m1/s1. The van der Waals surface area contributed by atoms with Gasteiger partial charge in [-0.05, 0) is 25.5 Å². The van der Waals surface area contributed by atoms with E-state index in [4.69, 9.17) is 5.73 Å². The van der Waals surface area contributed by atoms with E-state index < -0.39 is 17.2 Å². The van der Waals surface area contributed by atoms with Crippen molar-refractivity contribution in [2.24, 2.45) is 5.73 Å². The Morgan fingerprint density at radius 2 is 2.04 bits per heavy atom. The minimum absolute atomic E-state index is 0.459. The Hall–Kier alpha value is -2.42. The van der Waals surface area contributed by atoms with Crippen LogP contribution in [0.2, 0.25) is 0 Å². The molecular formula is C14H18N6O2S. The van der Waals surface area contributed by atoms with Gasteiger partial charge in [0.05, 0.1) is 5.25 Å². The van der Waals surface area contributed by atoms with E-state index in [1.165, 1.54) is 11.8 Å². The number of carbonyl (C=O) groups excluding carboxylic acids is 2. The van der Waals surface area contributed by atoms with Crippen LogP contribution in [0.3, 0.4) is 0 Å². The highest BCUT2D eigenvalue weighted by Crippen LogP contribution is 2.26. The summed E-state index contributed by atoms with van der Waals surface area (Å²) < 4.78 is 1.95. The molecule has 0 bridgehead atoms. The van der Waals surface area contributed by atoms with Gasteiger partial charge in [0.1, 0.15) is 0 Å². The summed E-state index contributed by atoms with van der Waals surface area (Å²) >= 11 is 1.23. The van der Waals surface area contributed by atoms with E-state index in [1.54, 1.807) is 19.3 Å². The van der Waals surface area contributed by atoms with Crippen LogP contribution in [0.25, 0.3) is 11.4 Å². The molecule has 0 spiro atoms. The number of carbonyl (C=O) groups is 2. The fraction of sp³-hybridized carbons (Fsp3) is 0.357. The molecule has 2 aromatic heterocycles. The molecule has 0 fully saturated rings. The molecule has 0 aliphatic heterocycles. The molecule has 2 rings (SSSR count). The average Bonchev–Trinajstić information content (AvgIpc) is 2.90. The fourth-order valence-corrected chi connectivity index (χ4v) is 2.83. The third-order valence-electron chi connectivity index (χ3n) is 3.00. The van der Waals surface area contributed by atoms with Crippen LogP contribution in [0.5, 0.6) is 0 Å². The number of pyridine rings is 1. The number of amides is 3. The lowest BCUT2D eigenvalue weighted by atomic mass is 10.2. The smallest absolute Gasteiger partial charge is 0.318 e. The molecule has 0 aromatic carbocycles. The highest BCUT2D eigenvalue weighted by molar-refractivity contribution is 8.00. The molecular weight excluding hydrogens is 316 g/mol. The van der Waals surface area contributed by atoms with Crippen molar-refractivity contribution in [3.05, 3.63) is 24.5 Å². The lowest BCUT2D eigenvalue weighted by Crippen LogP contribution is -2.39. The van der Waals surface area contributed by atoms with Crippen molar-refractivity contribution in [2.75, 3.05) is 0 Å². The zero-order valence-electron chi connectivity index (χ0n) is 12.9. The Balaban J connectivity index is 2.24. The number of rotatable bonds is 6. The van der Waals surface area contributed by atoms with Crippen molar-refractivity contribution < 1.29 is 9.59 Å². The normalized spacial score (nSPS) is 11.9. The monoisotopic (exact) mass is 334 g/mol. The molecule has 23 heavy (non-hydrogen) atoms. The highest BCUT2D eigenvalue weighted by Gasteiger charge is 2.21. The number of urea groups is 1. The molecule has 0 saturated heterocycles. The number of aromatic nitrogens is 4. The van der Waals surface area contributed by atoms with E-state index in [2.05, 4.69) is 20.5 Å². The Kier molecular flexibility index (Phi) is 5.69. The van der Waals surface area contributed by atoms with Gasteiger partial charge in [-0.15, -0.1) is 10.2 Å². The summed E-state index contributed by atoms with van der Waals surface area (Å²) in [6.07, 6.45) is 4.28. The Labute approximate surface area is 137 Å². The Morgan fingerprint density at radius 1 is 1.35 bits per heavy atom. The number of nitrogens with one attached hydrogen (secondary N) is 1. The minimum atomic E-state index is -0.866. The molecule has 3 N–H and O–H groups in total. The third-order valence-corrected chi connectivity index (χ3v) is 4.08. The van der Waals surface area contributed by atoms with Crippen molar-refractivity contribution in [1.29, 1.82) is 0 Å². The summed E-state index contributed by atoms with van der Waals surface area (Å²) in [6, 6.07) is 2.84. The summed E-state index contributed by atoms with van der Waals surface area (Å²) in [5, 5.41) is 10.6. The number of primary amides is 1. The first-order valence-electron chi connectivity index (χ1n) is 7.13. The molecule has 8 nitrogen and oxygen atoms in total. The molecule has 0 aliphatic rings. The van der Waals surface area contributed by atoms with E-state index in [0.29, 0.717) is 5.16 Å². The minimum Gasteiger partial charge on any atom is -0.351 e. The van der Waals surface area contributed by atoms with Crippen LogP contribution in [0.4, 0.5) is 4.79 Å². The van der Waals surface area contributed by atoms with Crippen LogP contribution < -0.4 is 11.1 Å².